The smallest absolute Gasteiger partial charge is 0.328 e. The van der Waals surface area contributed by atoms with Crippen molar-refractivity contribution >= 4 is 28.2 Å². The van der Waals surface area contributed by atoms with Crippen molar-refractivity contribution in [1.29, 1.82) is 0 Å². The summed E-state index contributed by atoms with van der Waals surface area (Å²) in [5.74, 6) is -1.00. The van der Waals surface area contributed by atoms with E-state index in [0.29, 0.717) is 34.9 Å². The van der Waals surface area contributed by atoms with Crippen LogP contribution in [0.5, 0.6) is 0 Å². The van der Waals surface area contributed by atoms with Gasteiger partial charge in [-0.3, -0.25) is 9.20 Å². The third kappa shape index (κ3) is 3.10. The Morgan fingerprint density at radius 1 is 1.30 bits per heavy atom. The minimum Gasteiger partial charge on any atom is -0.467 e. The number of fused-ring (bicyclic) bond motifs is 1. The number of amides is 1. The van der Waals surface area contributed by atoms with Gasteiger partial charge in [-0.2, -0.15) is 0 Å². The van der Waals surface area contributed by atoms with Crippen molar-refractivity contribution in [3.8, 4) is 11.3 Å². The number of piperidine rings is 1. The molecule has 1 aliphatic heterocycles. The average molecular weight is 387 g/mol. The highest BCUT2D eigenvalue weighted by Crippen LogP contribution is 2.27. The van der Waals surface area contributed by atoms with Crippen LogP contribution in [0.25, 0.3) is 16.2 Å². The molecule has 3 aromatic rings. The summed E-state index contributed by atoms with van der Waals surface area (Å²) < 4.78 is 20.6. The lowest BCUT2D eigenvalue weighted by Gasteiger charge is -2.33. The van der Waals surface area contributed by atoms with Crippen LogP contribution < -0.4 is 0 Å². The van der Waals surface area contributed by atoms with Crippen molar-refractivity contribution in [2.45, 2.75) is 25.3 Å². The van der Waals surface area contributed by atoms with E-state index < -0.39 is 12.0 Å². The molecule has 8 heteroatoms. The Balaban J connectivity index is 1.70. The molecule has 2 aromatic heterocycles. The molecule has 140 valence electrons. The third-order valence-corrected chi connectivity index (χ3v) is 5.65. The first-order chi connectivity index (χ1) is 13.1. The number of likely N-dealkylation sites (tertiary alicyclic amines) is 1. The van der Waals surface area contributed by atoms with Crippen LogP contribution in [-0.2, 0) is 9.53 Å². The van der Waals surface area contributed by atoms with Gasteiger partial charge in [-0.05, 0) is 31.4 Å². The quantitative estimate of drug-likeness (QED) is 0.647. The maximum absolute atomic E-state index is 14.1. The number of nitrogens with zero attached hydrogens (tertiary/aromatic N) is 3. The van der Waals surface area contributed by atoms with Crippen LogP contribution in [0.4, 0.5) is 4.39 Å². The topological polar surface area (TPSA) is 63.9 Å². The van der Waals surface area contributed by atoms with Gasteiger partial charge in [0.1, 0.15) is 17.6 Å². The summed E-state index contributed by atoms with van der Waals surface area (Å²) in [6.45, 7) is 0.505. The number of thiazole rings is 1. The first-order valence-corrected chi connectivity index (χ1v) is 9.58. The predicted octanol–water partition coefficient (Wildman–Crippen LogP) is 3.37. The number of methoxy groups -OCH3 is 1. The van der Waals surface area contributed by atoms with Gasteiger partial charge in [0.25, 0.3) is 5.91 Å². The lowest BCUT2D eigenvalue weighted by Crippen LogP contribution is -2.48. The number of aromatic nitrogens is 2. The Morgan fingerprint density at radius 3 is 2.89 bits per heavy atom. The summed E-state index contributed by atoms with van der Waals surface area (Å²) in [6.07, 6.45) is 3.98. The van der Waals surface area contributed by atoms with E-state index in [1.54, 1.807) is 39.1 Å². The number of hydrogen-bond donors (Lipinski definition) is 0. The molecule has 1 amide bonds. The molecule has 1 aromatic carbocycles. The van der Waals surface area contributed by atoms with Crippen molar-refractivity contribution in [2.75, 3.05) is 13.7 Å². The highest BCUT2D eigenvalue weighted by molar-refractivity contribution is 7.15. The van der Waals surface area contributed by atoms with E-state index in [2.05, 4.69) is 4.98 Å². The van der Waals surface area contributed by atoms with Crippen molar-refractivity contribution < 1.29 is 18.7 Å². The maximum atomic E-state index is 14.1. The monoisotopic (exact) mass is 387 g/mol. The van der Waals surface area contributed by atoms with E-state index in [1.807, 2.05) is 0 Å². The van der Waals surface area contributed by atoms with Gasteiger partial charge >= 0.3 is 5.97 Å². The van der Waals surface area contributed by atoms with Crippen LogP contribution in [0.2, 0.25) is 0 Å². The van der Waals surface area contributed by atoms with E-state index in [1.165, 1.54) is 24.5 Å². The second kappa shape index (κ2) is 7.11. The first kappa shape index (κ1) is 17.7. The predicted molar refractivity (Wildman–Crippen MR) is 99.2 cm³/mol. The van der Waals surface area contributed by atoms with Crippen molar-refractivity contribution in [3.63, 3.8) is 0 Å². The fourth-order valence-corrected chi connectivity index (χ4v) is 4.29. The van der Waals surface area contributed by atoms with Gasteiger partial charge < -0.3 is 9.64 Å². The van der Waals surface area contributed by atoms with Gasteiger partial charge in [-0.15, -0.1) is 11.3 Å². The number of carbonyl (C=O) groups excluding carboxylic acids is 2. The second-order valence-electron chi connectivity index (χ2n) is 6.41. The first-order valence-electron chi connectivity index (χ1n) is 8.70. The molecule has 1 saturated heterocycles. The summed E-state index contributed by atoms with van der Waals surface area (Å²) >= 11 is 1.31. The molecule has 0 aliphatic carbocycles. The van der Waals surface area contributed by atoms with Gasteiger partial charge in [0.05, 0.1) is 12.8 Å². The molecule has 0 N–H and O–H groups in total. The highest BCUT2D eigenvalue weighted by atomic mass is 32.1. The molecular weight excluding hydrogens is 369 g/mol. The van der Waals surface area contributed by atoms with E-state index in [4.69, 9.17) is 4.74 Å². The Kier molecular flexibility index (Phi) is 4.65. The minimum atomic E-state index is -0.569. The Bertz CT molecular complexity index is 1010. The molecule has 1 aliphatic rings. The normalized spacial score (nSPS) is 17.3. The standard InChI is InChI=1S/C19H18FN3O3S/c1-26-18(25)15-8-4-5-9-22(15)17(24)16-11-27-19-21-14(10-23(16)19)12-6-2-3-7-13(12)20/h2-3,6-7,10-11,15H,4-5,8-9H2,1H3/t15-/m1/s1. The zero-order chi connectivity index (χ0) is 19.0. The van der Waals surface area contributed by atoms with Gasteiger partial charge in [0.15, 0.2) is 4.96 Å². The second-order valence-corrected chi connectivity index (χ2v) is 7.25. The maximum Gasteiger partial charge on any atom is 0.328 e. The van der Waals surface area contributed by atoms with Crippen LogP contribution in [0.1, 0.15) is 29.8 Å². The Hall–Kier alpha value is -2.74. The highest BCUT2D eigenvalue weighted by Gasteiger charge is 2.34. The number of carbonyl (C=O) groups is 2. The molecule has 0 unspecified atom stereocenters. The van der Waals surface area contributed by atoms with Crippen molar-refractivity contribution in [3.05, 3.63) is 47.4 Å². The molecule has 27 heavy (non-hydrogen) atoms. The molecule has 4 rings (SSSR count). The van der Waals surface area contributed by atoms with E-state index in [9.17, 15) is 14.0 Å². The van der Waals surface area contributed by atoms with Gasteiger partial charge in [-0.1, -0.05) is 12.1 Å². The van der Waals surface area contributed by atoms with Crippen LogP contribution in [0.15, 0.2) is 35.8 Å². The van der Waals surface area contributed by atoms with Crippen molar-refractivity contribution in [2.24, 2.45) is 0 Å². The molecule has 1 atom stereocenters. The fraction of sp³-hybridized carbons (Fsp3) is 0.316. The molecule has 0 spiro atoms. The molecule has 0 bridgehead atoms. The number of benzene rings is 1. The SMILES string of the molecule is COC(=O)[C@H]1CCCCN1C(=O)c1csc2nc(-c3ccccc3F)cn12. The Labute approximate surface area is 159 Å². The molecule has 0 radical (unpaired) electrons. The van der Waals surface area contributed by atoms with E-state index in [-0.39, 0.29) is 11.7 Å². The summed E-state index contributed by atoms with van der Waals surface area (Å²) in [5, 5.41) is 1.72. The lowest BCUT2D eigenvalue weighted by atomic mass is 10.0. The number of hydrogen-bond acceptors (Lipinski definition) is 5. The van der Waals surface area contributed by atoms with Crippen molar-refractivity contribution in [1.82, 2.24) is 14.3 Å². The van der Waals surface area contributed by atoms with Crippen LogP contribution in [-0.4, -0.2) is 45.9 Å². The largest absolute Gasteiger partial charge is 0.467 e. The molecule has 1 fully saturated rings. The number of ether oxygens (including phenoxy) is 1. The number of esters is 1. The minimum absolute atomic E-state index is 0.242. The molecule has 6 nitrogen and oxygen atoms in total. The number of halogens is 1. The Morgan fingerprint density at radius 2 is 2.11 bits per heavy atom. The molecular formula is C19H18FN3O3S. The van der Waals surface area contributed by atoms with Gasteiger partial charge in [0.2, 0.25) is 0 Å². The molecule has 3 heterocycles. The van der Waals surface area contributed by atoms with Crippen LogP contribution in [0, 0.1) is 5.82 Å². The van der Waals surface area contributed by atoms with Crippen LogP contribution >= 0.6 is 11.3 Å². The summed E-state index contributed by atoms with van der Waals surface area (Å²) in [4.78, 5) is 31.8. The van der Waals surface area contributed by atoms with Gasteiger partial charge in [0, 0.05) is 23.7 Å². The summed E-state index contributed by atoms with van der Waals surface area (Å²) in [7, 11) is 1.33. The molecule has 0 saturated carbocycles. The fourth-order valence-electron chi connectivity index (χ4n) is 3.44. The summed E-state index contributed by atoms with van der Waals surface area (Å²) in [6, 6.07) is 5.83. The lowest BCUT2D eigenvalue weighted by molar-refractivity contribution is -0.147. The zero-order valence-electron chi connectivity index (χ0n) is 14.7. The summed E-state index contributed by atoms with van der Waals surface area (Å²) in [5.41, 5.74) is 1.27. The van der Waals surface area contributed by atoms with Crippen LogP contribution in [0.3, 0.4) is 0 Å². The number of imidazole rings is 1. The third-order valence-electron chi connectivity index (χ3n) is 4.81. The van der Waals surface area contributed by atoms with Gasteiger partial charge in [-0.25, -0.2) is 14.2 Å². The number of rotatable bonds is 3. The zero-order valence-corrected chi connectivity index (χ0v) is 15.5. The average Bonchev–Trinajstić information content (AvgIpc) is 3.28. The van der Waals surface area contributed by atoms with E-state index in [0.717, 1.165) is 12.8 Å². The van der Waals surface area contributed by atoms with E-state index >= 15 is 0 Å².